The number of carbonyl (C=O) groups excluding carboxylic acids is 2. The van der Waals surface area contributed by atoms with Crippen molar-refractivity contribution < 1.29 is 14.3 Å². The Labute approximate surface area is 162 Å². The van der Waals surface area contributed by atoms with Crippen LogP contribution in [-0.4, -0.2) is 49.6 Å². The summed E-state index contributed by atoms with van der Waals surface area (Å²) < 4.78 is 5.10. The molecular weight excluding hydrogens is 375 g/mol. The van der Waals surface area contributed by atoms with Crippen molar-refractivity contribution in [2.45, 2.75) is 0 Å². The second-order valence-corrected chi connectivity index (χ2v) is 6.67. The smallest absolute Gasteiger partial charge is 0.340 e. The molecule has 1 aliphatic rings. The zero-order valence-corrected chi connectivity index (χ0v) is 15.5. The Balaban J connectivity index is 1.50. The maximum absolute atomic E-state index is 12.3. The van der Waals surface area contributed by atoms with Gasteiger partial charge in [-0.15, -0.1) is 0 Å². The van der Waals surface area contributed by atoms with Gasteiger partial charge in [-0.25, -0.2) is 4.79 Å². The first-order chi connectivity index (χ1) is 12.6. The Morgan fingerprint density at radius 1 is 0.923 bits per heavy atom. The number of esters is 1. The van der Waals surface area contributed by atoms with E-state index in [9.17, 15) is 9.59 Å². The van der Waals surface area contributed by atoms with Crippen LogP contribution in [-0.2, 0) is 9.53 Å². The largest absolute Gasteiger partial charge is 0.452 e. The van der Waals surface area contributed by atoms with Crippen molar-refractivity contribution in [3.63, 3.8) is 0 Å². The van der Waals surface area contributed by atoms with Gasteiger partial charge in [0.2, 0.25) is 0 Å². The highest BCUT2D eigenvalue weighted by Crippen LogP contribution is 2.26. The third-order valence-electron chi connectivity index (χ3n) is 4.25. The number of hydrogen-bond acceptors (Lipinski definition) is 4. The Morgan fingerprint density at radius 2 is 1.62 bits per heavy atom. The molecule has 26 heavy (non-hydrogen) atoms. The predicted molar refractivity (Wildman–Crippen MR) is 102 cm³/mol. The van der Waals surface area contributed by atoms with E-state index in [-0.39, 0.29) is 28.1 Å². The van der Waals surface area contributed by atoms with Gasteiger partial charge in [0.1, 0.15) is 0 Å². The molecule has 7 heteroatoms. The van der Waals surface area contributed by atoms with E-state index in [0.717, 1.165) is 18.8 Å². The standard InChI is InChI=1S/C19H18Cl2N2O3/c20-16-8-4-7-15(18(16)21)19(25)26-13-17(24)23-11-9-22(10-12-23)14-5-2-1-3-6-14/h1-8H,9-13H2. The summed E-state index contributed by atoms with van der Waals surface area (Å²) in [6, 6.07) is 14.8. The quantitative estimate of drug-likeness (QED) is 0.747. The third-order valence-corrected chi connectivity index (χ3v) is 5.07. The molecule has 0 spiro atoms. The zero-order valence-electron chi connectivity index (χ0n) is 14.0. The summed E-state index contributed by atoms with van der Waals surface area (Å²) in [5, 5.41) is 0.396. The van der Waals surface area contributed by atoms with Gasteiger partial charge in [0.15, 0.2) is 6.61 Å². The first-order valence-electron chi connectivity index (χ1n) is 8.25. The number of hydrogen-bond donors (Lipinski definition) is 0. The average molecular weight is 393 g/mol. The molecule has 3 rings (SSSR count). The molecule has 2 aromatic carbocycles. The summed E-state index contributed by atoms with van der Waals surface area (Å²) in [5.41, 5.74) is 1.29. The minimum Gasteiger partial charge on any atom is -0.452 e. The molecule has 1 amide bonds. The van der Waals surface area contributed by atoms with Crippen LogP contribution in [0.25, 0.3) is 0 Å². The fourth-order valence-electron chi connectivity index (χ4n) is 2.81. The number of ether oxygens (including phenoxy) is 1. The number of rotatable bonds is 4. The van der Waals surface area contributed by atoms with E-state index < -0.39 is 5.97 Å². The molecule has 1 fully saturated rings. The van der Waals surface area contributed by atoms with Gasteiger partial charge in [-0.05, 0) is 24.3 Å². The van der Waals surface area contributed by atoms with E-state index >= 15 is 0 Å². The predicted octanol–water partition coefficient (Wildman–Crippen LogP) is 3.50. The van der Waals surface area contributed by atoms with Crippen molar-refractivity contribution >= 4 is 40.8 Å². The minimum atomic E-state index is -0.659. The van der Waals surface area contributed by atoms with Crippen LogP contribution in [0.4, 0.5) is 5.69 Å². The van der Waals surface area contributed by atoms with Crippen LogP contribution in [0.5, 0.6) is 0 Å². The Kier molecular flexibility index (Phi) is 6.01. The molecule has 2 aromatic rings. The molecule has 1 heterocycles. The Hall–Kier alpha value is -2.24. The fourth-order valence-corrected chi connectivity index (χ4v) is 3.19. The highest BCUT2D eigenvalue weighted by molar-refractivity contribution is 6.43. The van der Waals surface area contributed by atoms with E-state index in [1.807, 2.05) is 30.3 Å². The van der Waals surface area contributed by atoms with E-state index in [0.29, 0.717) is 13.1 Å². The summed E-state index contributed by atoms with van der Waals surface area (Å²) in [5.74, 6) is -0.877. The Bertz CT molecular complexity index is 791. The minimum absolute atomic E-state index is 0.128. The van der Waals surface area contributed by atoms with Gasteiger partial charge in [0.05, 0.1) is 15.6 Å². The van der Waals surface area contributed by atoms with Crippen LogP contribution in [0, 0.1) is 0 Å². The van der Waals surface area contributed by atoms with Crippen molar-refractivity contribution in [2.75, 3.05) is 37.7 Å². The molecule has 1 saturated heterocycles. The zero-order chi connectivity index (χ0) is 18.5. The topological polar surface area (TPSA) is 49.9 Å². The van der Waals surface area contributed by atoms with Gasteiger partial charge >= 0.3 is 5.97 Å². The van der Waals surface area contributed by atoms with Gasteiger partial charge < -0.3 is 14.5 Å². The number of benzene rings is 2. The number of halogens is 2. The second-order valence-electron chi connectivity index (χ2n) is 5.88. The first-order valence-corrected chi connectivity index (χ1v) is 9.01. The molecule has 1 aliphatic heterocycles. The summed E-state index contributed by atoms with van der Waals surface area (Å²) in [4.78, 5) is 28.3. The molecule has 0 atom stereocenters. The number of anilines is 1. The SMILES string of the molecule is O=C(OCC(=O)N1CCN(c2ccccc2)CC1)c1cccc(Cl)c1Cl. The van der Waals surface area contributed by atoms with Crippen LogP contribution in [0.2, 0.25) is 10.0 Å². The van der Waals surface area contributed by atoms with E-state index in [1.54, 1.807) is 17.0 Å². The van der Waals surface area contributed by atoms with Crippen LogP contribution in [0.1, 0.15) is 10.4 Å². The molecule has 0 saturated carbocycles. The van der Waals surface area contributed by atoms with Crippen molar-refractivity contribution in [3.05, 3.63) is 64.1 Å². The summed E-state index contributed by atoms with van der Waals surface area (Å²) in [7, 11) is 0. The lowest BCUT2D eigenvalue weighted by Crippen LogP contribution is -2.49. The number of piperazine rings is 1. The third kappa shape index (κ3) is 4.29. The summed E-state index contributed by atoms with van der Waals surface area (Å²) in [6.45, 7) is 2.34. The summed E-state index contributed by atoms with van der Waals surface area (Å²) >= 11 is 11.9. The Morgan fingerprint density at radius 3 is 2.31 bits per heavy atom. The molecule has 136 valence electrons. The number of nitrogens with zero attached hydrogens (tertiary/aromatic N) is 2. The maximum atomic E-state index is 12.3. The van der Waals surface area contributed by atoms with Crippen molar-refractivity contribution in [1.82, 2.24) is 4.90 Å². The van der Waals surface area contributed by atoms with Crippen LogP contribution >= 0.6 is 23.2 Å². The first kappa shape index (κ1) is 18.5. The molecule has 0 bridgehead atoms. The van der Waals surface area contributed by atoms with Gasteiger partial charge in [-0.2, -0.15) is 0 Å². The highest BCUT2D eigenvalue weighted by Gasteiger charge is 2.23. The molecule has 0 aliphatic carbocycles. The highest BCUT2D eigenvalue weighted by atomic mass is 35.5. The lowest BCUT2D eigenvalue weighted by Gasteiger charge is -2.36. The number of para-hydroxylation sites is 1. The fraction of sp³-hybridized carbons (Fsp3) is 0.263. The monoisotopic (exact) mass is 392 g/mol. The van der Waals surface area contributed by atoms with Gasteiger partial charge in [-0.3, -0.25) is 4.79 Å². The van der Waals surface area contributed by atoms with Crippen molar-refractivity contribution in [3.8, 4) is 0 Å². The lowest BCUT2D eigenvalue weighted by molar-refractivity contribution is -0.134. The van der Waals surface area contributed by atoms with Gasteiger partial charge in [0, 0.05) is 31.9 Å². The van der Waals surface area contributed by atoms with Gasteiger partial charge in [0.25, 0.3) is 5.91 Å². The summed E-state index contributed by atoms with van der Waals surface area (Å²) in [6.07, 6.45) is 0. The molecule has 0 aromatic heterocycles. The molecule has 0 unspecified atom stereocenters. The second kappa shape index (κ2) is 8.43. The number of amides is 1. The molecule has 5 nitrogen and oxygen atoms in total. The van der Waals surface area contributed by atoms with Crippen molar-refractivity contribution in [1.29, 1.82) is 0 Å². The van der Waals surface area contributed by atoms with E-state index in [2.05, 4.69) is 4.90 Å². The van der Waals surface area contributed by atoms with E-state index in [4.69, 9.17) is 27.9 Å². The maximum Gasteiger partial charge on any atom is 0.340 e. The van der Waals surface area contributed by atoms with Crippen LogP contribution in [0.15, 0.2) is 48.5 Å². The van der Waals surface area contributed by atoms with Gasteiger partial charge in [-0.1, -0.05) is 47.5 Å². The van der Waals surface area contributed by atoms with Crippen LogP contribution < -0.4 is 4.90 Å². The molecule has 0 N–H and O–H groups in total. The number of carbonyl (C=O) groups is 2. The molecular formula is C19H18Cl2N2O3. The molecule has 0 radical (unpaired) electrons. The average Bonchev–Trinajstić information content (AvgIpc) is 2.69. The van der Waals surface area contributed by atoms with Crippen LogP contribution in [0.3, 0.4) is 0 Å². The van der Waals surface area contributed by atoms with E-state index in [1.165, 1.54) is 6.07 Å². The van der Waals surface area contributed by atoms with Crippen molar-refractivity contribution in [2.24, 2.45) is 0 Å². The lowest BCUT2D eigenvalue weighted by atomic mass is 10.2. The normalized spacial score (nSPS) is 14.2.